The molecule has 0 amide bonds. The van der Waals surface area contributed by atoms with Gasteiger partial charge in [0.1, 0.15) is 22.6 Å². The van der Waals surface area contributed by atoms with E-state index in [0.29, 0.717) is 0 Å². The van der Waals surface area contributed by atoms with Gasteiger partial charge in [0.25, 0.3) is 0 Å². The fourth-order valence-electron chi connectivity index (χ4n) is 3.08. The molecular weight excluding hydrogens is 314 g/mol. The van der Waals surface area contributed by atoms with E-state index in [1.165, 1.54) is 19.3 Å². The van der Waals surface area contributed by atoms with Gasteiger partial charge in [-0.15, -0.1) is 0 Å². The first-order valence-electron chi connectivity index (χ1n) is 8.82. The lowest BCUT2D eigenvalue weighted by Crippen LogP contribution is -2.02. The zero-order valence-electron chi connectivity index (χ0n) is 14.3. The van der Waals surface area contributed by atoms with Crippen LogP contribution in [0.15, 0.2) is 57.8 Å². The van der Waals surface area contributed by atoms with Crippen LogP contribution in [0, 0.1) is 0 Å². The van der Waals surface area contributed by atoms with Crippen LogP contribution in [0.1, 0.15) is 32.6 Å². The lowest BCUT2D eigenvalue weighted by molar-refractivity contribution is 0.495. The van der Waals surface area contributed by atoms with Crippen LogP contribution in [0.4, 0.5) is 0 Å². The molecule has 0 atom stereocenters. The van der Waals surface area contributed by atoms with Gasteiger partial charge in [0, 0.05) is 11.1 Å². The van der Waals surface area contributed by atoms with E-state index in [9.17, 15) is 0 Å². The van der Waals surface area contributed by atoms with Crippen LogP contribution < -0.4 is 0 Å². The Morgan fingerprint density at radius 1 is 0.800 bits per heavy atom. The van der Waals surface area contributed by atoms with E-state index in [1.807, 2.05) is 36.4 Å². The second-order valence-corrected chi connectivity index (χ2v) is 6.17. The molecule has 128 valence electrons. The Labute approximate surface area is 146 Å². The number of benzene rings is 1. The smallest absolute Gasteiger partial charge is 0.136 e. The van der Waals surface area contributed by atoms with E-state index >= 15 is 0 Å². The summed E-state index contributed by atoms with van der Waals surface area (Å²) in [6.07, 6.45) is 8.11. The van der Waals surface area contributed by atoms with E-state index < -0.39 is 0 Å². The van der Waals surface area contributed by atoms with Crippen molar-refractivity contribution in [3.05, 3.63) is 48.9 Å². The summed E-state index contributed by atoms with van der Waals surface area (Å²) in [6, 6.07) is 11.7. The van der Waals surface area contributed by atoms with Gasteiger partial charge in [-0.25, -0.2) is 0 Å². The Morgan fingerprint density at radius 2 is 1.40 bits per heavy atom. The van der Waals surface area contributed by atoms with Gasteiger partial charge in [-0.2, -0.15) is 15.0 Å². The Balaban J connectivity index is 1.77. The number of nitrogens with zero attached hydrogens (tertiary/aromatic N) is 3. The second kappa shape index (κ2) is 6.97. The maximum atomic E-state index is 5.58. The molecule has 0 saturated carbocycles. The SMILES string of the molecule is CCCCCCn1nc2c(-c3ccco3)ccc(-c3ccco3)c2n1. The molecular formula is C20H21N3O2. The first kappa shape index (κ1) is 15.7. The van der Waals surface area contributed by atoms with E-state index in [0.717, 1.165) is 46.6 Å². The Bertz CT molecular complexity index is 866. The summed E-state index contributed by atoms with van der Waals surface area (Å²) in [5.41, 5.74) is 3.60. The van der Waals surface area contributed by atoms with Gasteiger partial charge in [0.05, 0.1) is 19.1 Å². The summed E-state index contributed by atoms with van der Waals surface area (Å²) in [4.78, 5) is 1.80. The van der Waals surface area contributed by atoms with Crippen molar-refractivity contribution in [1.82, 2.24) is 15.0 Å². The first-order chi connectivity index (χ1) is 12.4. The molecule has 0 aliphatic carbocycles. The molecule has 1 aromatic carbocycles. The third-order valence-corrected chi connectivity index (χ3v) is 4.37. The highest BCUT2D eigenvalue weighted by molar-refractivity contribution is 5.98. The molecule has 5 nitrogen and oxygen atoms in total. The number of hydrogen-bond donors (Lipinski definition) is 0. The molecule has 0 bridgehead atoms. The first-order valence-corrected chi connectivity index (χ1v) is 8.82. The van der Waals surface area contributed by atoms with Crippen LogP contribution >= 0.6 is 0 Å². The largest absolute Gasteiger partial charge is 0.464 e. The molecule has 0 unspecified atom stereocenters. The van der Waals surface area contributed by atoms with Crippen LogP contribution in [0.3, 0.4) is 0 Å². The molecule has 25 heavy (non-hydrogen) atoms. The van der Waals surface area contributed by atoms with Crippen molar-refractivity contribution in [3.63, 3.8) is 0 Å². The Morgan fingerprint density at radius 3 is 1.88 bits per heavy atom. The summed E-state index contributed by atoms with van der Waals surface area (Å²) < 4.78 is 11.2. The Hall–Kier alpha value is -2.82. The number of aromatic nitrogens is 3. The van der Waals surface area contributed by atoms with E-state index in [4.69, 9.17) is 19.0 Å². The van der Waals surface area contributed by atoms with Crippen molar-refractivity contribution in [3.8, 4) is 22.6 Å². The number of hydrogen-bond acceptors (Lipinski definition) is 4. The molecule has 4 aromatic rings. The van der Waals surface area contributed by atoms with Crippen molar-refractivity contribution in [2.75, 3.05) is 0 Å². The van der Waals surface area contributed by atoms with Crippen molar-refractivity contribution < 1.29 is 8.83 Å². The fraction of sp³-hybridized carbons (Fsp3) is 0.300. The third kappa shape index (κ3) is 3.09. The van der Waals surface area contributed by atoms with E-state index in [1.54, 1.807) is 17.3 Å². The highest BCUT2D eigenvalue weighted by Crippen LogP contribution is 2.34. The van der Waals surface area contributed by atoms with Crippen LogP contribution in [-0.2, 0) is 6.54 Å². The molecule has 3 heterocycles. The maximum absolute atomic E-state index is 5.58. The molecule has 0 spiro atoms. The molecule has 0 aliphatic heterocycles. The standard InChI is InChI=1S/C20H21N3O2/c1-2-3-4-5-12-23-21-19-15(17-8-6-13-24-17)10-11-16(20(19)22-23)18-9-7-14-25-18/h6-11,13-14H,2-5,12H2,1H3. The summed E-state index contributed by atoms with van der Waals surface area (Å²) in [6.45, 7) is 3.04. The number of unbranched alkanes of at least 4 members (excludes halogenated alkanes) is 3. The van der Waals surface area contributed by atoms with Gasteiger partial charge in [0.2, 0.25) is 0 Å². The number of furan rings is 2. The van der Waals surface area contributed by atoms with Crippen molar-refractivity contribution in [2.24, 2.45) is 0 Å². The molecule has 0 N–H and O–H groups in total. The zero-order valence-corrected chi connectivity index (χ0v) is 14.3. The predicted octanol–water partition coefficient (Wildman–Crippen LogP) is 5.53. The van der Waals surface area contributed by atoms with Gasteiger partial charge in [-0.1, -0.05) is 26.2 Å². The van der Waals surface area contributed by atoms with Gasteiger partial charge < -0.3 is 8.83 Å². The predicted molar refractivity (Wildman–Crippen MR) is 97.1 cm³/mol. The maximum Gasteiger partial charge on any atom is 0.136 e. The molecule has 4 rings (SSSR count). The summed E-state index contributed by atoms with van der Waals surface area (Å²) in [5.74, 6) is 1.60. The molecule has 0 radical (unpaired) electrons. The molecule has 0 fully saturated rings. The van der Waals surface area contributed by atoms with E-state index in [-0.39, 0.29) is 0 Å². The number of aryl methyl sites for hydroxylation is 1. The summed E-state index contributed by atoms with van der Waals surface area (Å²) >= 11 is 0. The average molecular weight is 335 g/mol. The van der Waals surface area contributed by atoms with Crippen molar-refractivity contribution >= 4 is 11.0 Å². The number of fused-ring (bicyclic) bond motifs is 1. The van der Waals surface area contributed by atoms with Crippen LogP contribution in [-0.4, -0.2) is 15.0 Å². The highest BCUT2D eigenvalue weighted by Gasteiger charge is 2.17. The van der Waals surface area contributed by atoms with Crippen LogP contribution in [0.2, 0.25) is 0 Å². The van der Waals surface area contributed by atoms with Crippen LogP contribution in [0.5, 0.6) is 0 Å². The summed E-state index contributed by atoms with van der Waals surface area (Å²) in [5, 5.41) is 9.48. The zero-order chi connectivity index (χ0) is 17.1. The Kier molecular flexibility index (Phi) is 4.37. The quantitative estimate of drug-likeness (QED) is 0.417. The average Bonchev–Trinajstić information content (AvgIpc) is 3.39. The number of rotatable bonds is 7. The monoisotopic (exact) mass is 335 g/mol. The minimum atomic E-state index is 0.800. The van der Waals surface area contributed by atoms with Gasteiger partial charge in [-0.05, 0) is 42.8 Å². The minimum Gasteiger partial charge on any atom is -0.464 e. The third-order valence-electron chi connectivity index (χ3n) is 4.37. The molecule has 0 saturated heterocycles. The highest BCUT2D eigenvalue weighted by atomic mass is 16.3. The van der Waals surface area contributed by atoms with Gasteiger partial charge in [-0.3, -0.25) is 0 Å². The van der Waals surface area contributed by atoms with Crippen LogP contribution in [0.25, 0.3) is 33.7 Å². The molecule has 5 heteroatoms. The molecule has 3 aromatic heterocycles. The lowest BCUT2D eigenvalue weighted by atomic mass is 10.1. The minimum absolute atomic E-state index is 0.800. The fourth-order valence-corrected chi connectivity index (χ4v) is 3.08. The van der Waals surface area contributed by atoms with Gasteiger partial charge >= 0.3 is 0 Å². The second-order valence-electron chi connectivity index (χ2n) is 6.17. The normalized spacial score (nSPS) is 11.4. The van der Waals surface area contributed by atoms with Crippen molar-refractivity contribution in [2.45, 2.75) is 39.2 Å². The lowest BCUT2D eigenvalue weighted by Gasteiger charge is -2.01. The van der Waals surface area contributed by atoms with Gasteiger partial charge in [0.15, 0.2) is 0 Å². The van der Waals surface area contributed by atoms with E-state index in [2.05, 4.69) is 6.92 Å². The summed E-state index contributed by atoms with van der Waals surface area (Å²) in [7, 11) is 0. The molecule has 0 aliphatic rings. The van der Waals surface area contributed by atoms with Crippen molar-refractivity contribution in [1.29, 1.82) is 0 Å². The topological polar surface area (TPSA) is 57.0 Å².